The fraction of sp³-hybridized carbons (Fsp3) is 0.400. The number of imidazole rings is 1. The van der Waals surface area contributed by atoms with Crippen LogP contribution in [0, 0.1) is 5.92 Å². The van der Waals surface area contributed by atoms with Crippen LogP contribution >= 0.6 is 11.8 Å². The SMILES string of the molecule is CC(C)Cn1cnc(S(=O)(=O)N2CCSc3ccccc32)c1. The first-order chi connectivity index (χ1) is 10.5. The number of anilines is 1. The standard InChI is InChI=1S/C15H19N3O2S2/c1-12(2)9-17-10-15(16-11-17)22(19,20)18-7-8-21-14-6-4-3-5-13(14)18/h3-6,10-12H,7-9H2,1-2H3. The van der Waals surface area contributed by atoms with Crippen molar-refractivity contribution in [3.8, 4) is 0 Å². The van der Waals surface area contributed by atoms with Crippen LogP contribution in [0.15, 0.2) is 46.7 Å². The predicted octanol–water partition coefficient (Wildman–Crippen LogP) is 2.84. The number of benzene rings is 1. The molecule has 0 atom stereocenters. The minimum Gasteiger partial charge on any atom is -0.336 e. The molecule has 0 saturated heterocycles. The van der Waals surface area contributed by atoms with E-state index in [4.69, 9.17) is 0 Å². The van der Waals surface area contributed by atoms with E-state index in [0.29, 0.717) is 12.5 Å². The third-order valence-corrected chi connectivity index (χ3v) is 6.17. The molecule has 2 heterocycles. The number of aromatic nitrogens is 2. The highest BCUT2D eigenvalue weighted by Crippen LogP contribution is 2.37. The lowest BCUT2D eigenvalue weighted by Crippen LogP contribution is -2.35. The molecule has 0 spiro atoms. The van der Waals surface area contributed by atoms with Gasteiger partial charge in [0, 0.05) is 29.9 Å². The van der Waals surface area contributed by atoms with Crippen LogP contribution in [0.25, 0.3) is 0 Å². The Morgan fingerprint density at radius 3 is 2.86 bits per heavy atom. The van der Waals surface area contributed by atoms with E-state index in [1.165, 1.54) is 4.31 Å². The minimum atomic E-state index is -3.60. The van der Waals surface area contributed by atoms with Gasteiger partial charge in [-0.05, 0) is 18.1 Å². The largest absolute Gasteiger partial charge is 0.336 e. The number of rotatable bonds is 4. The summed E-state index contributed by atoms with van der Waals surface area (Å²) in [5, 5.41) is 0.120. The molecule has 0 amide bonds. The summed E-state index contributed by atoms with van der Waals surface area (Å²) in [7, 11) is -3.60. The summed E-state index contributed by atoms with van der Waals surface area (Å²) in [4.78, 5) is 5.11. The summed E-state index contributed by atoms with van der Waals surface area (Å²) in [6, 6.07) is 7.60. The Balaban J connectivity index is 1.95. The number of sulfonamides is 1. The Bertz CT molecular complexity index is 769. The van der Waals surface area contributed by atoms with E-state index in [1.54, 1.807) is 24.3 Å². The third-order valence-electron chi connectivity index (χ3n) is 3.43. The topological polar surface area (TPSA) is 55.2 Å². The maximum atomic E-state index is 12.9. The highest BCUT2D eigenvalue weighted by atomic mass is 32.2. The zero-order valence-corrected chi connectivity index (χ0v) is 14.3. The molecule has 2 aromatic rings. The van der Waals surface area contributed by atoms with Crippen LogP contribution in [0.3, 0.4) is 0 Å². The highest BCUT2D eigenvalue weighted by Gasteiger charge is 2.30. The molecule has 118 valence electrons. The molecule has 22 heavy (non-hydrogen) atoms. The predicted molar refractivity (Wildman–Crippen MR) is 88.8 cm³/mol. The maximum Gasteiger partial charge on any atom is 0.283 e. The molecule has 1 aromatic heterocycles. The second-order valence-electron chi connectivity index (χ2n) is 5.70. The van der Waals surface area contributed by atoms with Crippen molar-refractivity contribution in [2.45, 2.75) is 30.3 Å². The van der Waals surface area contributed by atoms with Crippen molar-refractivity contribution >= 4 is 27.5 Å². The average Bonchev–Trinajstić information content (AvgIpc) is 2.95. The molecular weight excluding hydrogens is 318 g/mol. The molecule has 3 rings (SSSR count). The van der Waals surface area contributed by atoms with E-state index >= 15 is 0 Å². The van der Waals surface area contributed by atoms with Crippen LogP contribution < -0.4 is 4.31 Å². The number of nitrogens with zero attached hydrogens (tertiary/aromatic N) is 3. The molecule has 1 aromatic carbocycles. The molecule has 7 heteroatoms. The zero-order chi connectivity index (χ0) is 15.7. The minimum absolute atomic E-state index is 0.120. The van der Waals surface area contributed by atoms with Gasteiger partial charge in [-0.2, -0.15) is 8.42 Å². The molecule has 0 bridgehead atoms. The van der Waals surface area contributed by atoms with E-state index in [0.717, 1.165) is 22.9 Å². The summed E-state index contributed by atoms with van der Waals surface area (Å²) in [6.07, 6.45) is 3.22. The van der Waals surface area contributed by atoms with Gasteiger partial charge in [0.05, 0.1) is 12.0 Å². The Morgan fingerprint density at radius 1 is 1.32 bits per heavy atom. The Labute approximate surface area is 135 Å². The van der Waals surface area contributed by atoms with Crippen molar-refractivity contribution in [3.63, 3.8) is 0 Å². The fourth-order valence-electron chi connectivity index (χ4n) is 2.50. The summed E-state index contributed by atoms with van der Waals surface area (Å²) >= 11 is 1.69. The molecule has 5 nitrogen and oxygen atoms in total. The summed E-state index contributed by atoms with van der Waals surface area (Å²) in [5.74, 6) is 1.19. The average molecular weight is 337 g/mol. The van der Waals surface area contributed by atoms with E-state index in [9.17, 15) is 8.42 Å². The number of fused-ring (bicyclic) bond motifs is 1. The Kier molecular flexibility index (Phi) is 4.18. The van der Waals surface area contributed by atoms with Crippen molar-refractivity contribution in [3.05, 3.63) is 36.8 Å². The van der Waals surface area contributed by atoms with Gasteiger partial charge in [0.1, 0.15) is 0 Å². The van der Waals surface area contributed by atoms with Gasteiger partial charge < -0.3 is 4.57 Å². The molecule has 0 fully saturated rings. The molecule has 1 aliphatic heterocycles. The summed E-state index contributed by atoms with van der Waals surface area (Å²) in [5.41, 5.74) is 0.747. The lowest BCUT2D eigenvalue weighted by Gasteiger charge is -2.29. The smallest absolute Gasteiger partial charge is 0.283 e. The lowest BCUT2D eigenvalue weighted by atomic mass is 10.2. The van der Waals surface area contributed by atoms with Crippen LogP contribution in [0.1, 0.15) is 13.8 Å². The maximum absolute atomic E-state index is 12.9. The molecule has 0 radical (unpaired) electrons. The highest BCUT2D eigenvalue weighted by molar-refractivity contribution is 8.00. The second-order valence-corrected chi connectivity index (χ2v) is 8.64. The van der Waals surface area contributed by atoms with Crippen molar-refractivity contribution in [1.82, 2.24) is 9.55 Å². The Hall–Kier alpha value is -1.47. The summed E-state index contributed by atoms with van der Waals surface area (Å²) < 4.78 is 29.1. The van der Waals surface area contributed by atoms with E-state index in [-0.39, 0.29) is 5.03 Å². The Morgan fingerprint density at radius 2 is 2.09 bits per heavy atom. The third kappa shape index (κ3) is 2.87. The monoisotopic (exact) mass is 337 g/mol. The van der Waals surface area contributed by atoms with Gasteiger partial charge in [0.2, 0.25) is 0 Å². The van der Waals surface area contributed by atoms with Gasteiger partial charge in [0.15, 0.2) is 5.03 Å². The first-order valence-corrected chi connectivity index (χ1v) is 9.67. The molecule has 1 aliphatic rings. The first-order valence-electron chi connectivity index (χ1n) is 7.25. The number of hydrogen-bond donors (Lipinski definition) is 0. The van der Waals surface area contributed by atoms with Crippen molar-refractivity contribution in [1.29, 1.82) is 0 Å². The van der Waals surface area contributed by atoms with Crippen LogP contribution in [0.5, 0.6) is 0 Å². The molecule has 0 N–H and O–H groups in total. The zero-order valence-electron chi connectivity index (χ0n) is 12.6. The van der Waals surface area contributed by atoms with Gasteiger partial charge in [-0.25, -0.2) is 4.98 Å². The van der Waals surface area contributed by atoms with Crippen LogP contribution in [0.2, 0.25) is 0 Å². The number of hydrogen-bond acceptors (Lipinski definition) is 4. The van der Waals surface area contributed by atoms with Crippen LogP contribution in [-0.4, -0.2) is 30.3 Å². The van der Waals surface area contributed by atoms with E-state index in [1.807, 2.05) is 28.8 Å². The van der Waals surface area contributed by atoms with Crippen molar-refractivity contribution in [2.24, 2.45) is 5.92 Å². The normalized spacial score (nSPS) is 15.1. The number of para-hydroxylation sites is 1. The first kappa shape index (κ1) is 15.4. The molecular formula is C15H19N3O2S2. The van der Waals surface area contributed by atoms with Crippen LogP contribution in [-0.2, 0) is 16.6 Å². The fourth-order valence-corrected chi connectivity index (χ4v) is 5.09. The van der Waals surface area contributed by atoms with E-state index in [2.05, 4.69) is 18.8 Å². The van der Waals surface area contributed by atoms with Gasteiger partial charge in [-0.3, -0.25) is 4.31 Å². The van der Waals surface area contributed by atoms with Crippen molar-refractivity contribution in [2.75, 3.05) is 16.6 Å². The van der Waals surface area contributed by atoms with Gasteiger partial charge in [-0.1, -0.05) is 26.0 Å². The van der Waals surface area contributed by atoms with Gasteiger partial charge in [-0.15, -0.1) is 11.8 Å². The molecule has 0 unspecified atom stereocenters. The van der Waals surface area contributed by atoms with Gasteiger partial charge in [0.25, 0.3) is 10.0 Å². The summed E-state index contributed by atoms with van der Waals surface area (Å²) in [6.45, 7) is 5.41. The molecule has 0 saturated carbocycles. The quantitative estimate of drug-likeness (QED) is 0.861. The van der Waals surface area contributed by atoms with Gasteiger partial charge >= 0.3 is 0 Å². The van der Waals surface area contributed by atoms with Crippen LogP contribution in [0.4, 0.5) is 5.69 Å². The second kappa shape index (κ2) is 5.96. The lowest BCUT2D eigenvalue weighted by molar-refractivity contribution is 0.521. The molecule has 0 aliphatic carbocycles. The van der Waals surface area contributed by atoms with E-state index < -0.39 is 10.0 Å². The number of thioether (sulfide) groups is 1. The van der Waals surface area contributed by atoms with Crippen molar-refractivity contribution < 1.29 is 8.42 Å².